The highest BCUT2D eigenvalue weighted by atomic mass is 16.4. The number of nitrogens with zero attached hydrogens (tertiary/aromatic N) is 2. The molecule has 0 bridgehead atoms. The van der Waals surface area contributed by atoms with Gasteiger partial charge in [-0.05, 0) is 43.5 Å². The minimum absolute atomic E-state index is 0.239. The van der Waals surface area contributed by atoms with Crippen LogP contribution in [0.15, 0.2) is 30.5 Å². The Morgan fingerprint density at radius 3 is 2.68 bits per heavy atom. The van der Waals surface area contributed by atoms with Crippen molar-refractivity contribution in [2.45, 2.75) is 19.3 Å². The Morgan fingerprint density at radius 1 is 1.16 bits per heavy atom. The van der Waals surface area contributed by atoms with Crippen LogP contribution >= 0.6 is 0 Å². The third-order valence-electron chi connectivity index (χ3n) is 3.63. The zero-order chi connectivity index (χ0) is 13.2. The summed E-state index contributed by atoms with van der Waals surface area (Å²) in [5.41, 5.74) is 2.24. The molecule has 1 saturated heterocycles. The summed E-state index contributed by atoms with van der Waals surface area (Å²) in [5.74, 6) is -0.933. The monoisotopic (exact) mass is 256 g/mol. The van der Waals surface area contributed by atoms with E-state index in [4.69, 9.17) is 5.11 Å². The number of piperidine rings is 1. The number of carbonyl (C=O) groups is 1. The molecule has 0 radical (unpaired) electrons. The lowest BCUT2D eigenvalue weighted by atomic mass is 10.1. The van der Waals surface area contributed by atoms with Crippen LogP contribution in [0.4, 0.5) is 5.69 Å². The molecule has 1 aromatic heterocycles. The second kappa shape index (κ2) is 4.88. The molecule has 1 aliphatic heterocycles. The van der Waals surface area contributed by atoms with Gasteiger partial charge >= 0.3 is 5.97 Å². The van der Waals surface area contributed by atoms with Gasteiger partial charge in [0.15, 0.2) is 0 Å². The van der Waals surface area contributed by atoms with E-state index >= 15 is 0 Å². The van der Waals surface area contributed by atoms with Gasteiger partial charge in [-0.15, -0.1) is 0 Å². The van der Waals surface area contributed by atoms with Crippen LogP contribution in [-0.2, 0) is 0 Å². The van der Waals surface area contributed by atoms with E-state index in [1.807, 2.05) is 12.1 Å². The van der Waals surface area contributed by atoms with E-state index in [9.17, 15) is 4.79 Å². The van der Waals surface area contributed by atoms with E-state index in [2.05, 4.69) is 16.0 Å². The molecule has 2 heterocycles. The fourth-order valence-electron chi connectivity index (χ4n) is 2.58. The first-order chi connectivity index (χ1) is 9.24. The second-order valence-electron chi connectivity index (χ2n) is 4.95. The fraction of sp³-hybridized carbons (Fsp3) is 0.333. The maximum absolute atomic E-state index is 11.0. The van der Waals surface area contributed by atoms with Crippen LogP contribution in [0, 0.1) is 0 Å². The molecule has 0 saturated carbocycles. The zero-order valence-electron chi connectivity index (χ0n) is 10.7. The molecule has 4 heteroatoms. The molecule has 0 amide bonds. The third kappa shape index (κ3) is 2.38. The Kier molecular flexibility index (Phi) is 3.07. The first-order valence-corrected chi connectivity index (χ1v) is 6.62. The van der Waals surface area contributed by atoms with Crippen molar-refractivity contribution in [3.63, 3.8) is 0 Å². The normalized spacial score (nSPS) is 15.7. The predicted octanol–water partition coefficient (Wildman–Crippen LogP) is 2.92. The Morgan fingerprint density at radius 2 is 1.95 bits per heavy atom. The van der Waals surface area contributed by atoms with Crippen molar-refractivity contribution in [1.29, 1.82) is 0 Å². The number of benzene rings is 1. The largest absolute Gasteiger partial charge is 0.478 e. The Hall–Kier alpha value is -2.10. The number of carboxylic acid groups (broad SMARTS) is 1. The number of hydrogen-bond acceptors (Lipinski definition) is 3. The Bertz CT molecular complexity index is 619. The van der Waals surface area contributed by atoms with Gasteiger partial charge in [-0.2, -0.15) is 0 Å². The van der Waals surface area contributed by atoms with Crippen LogP contribution < -0.4 is 4.90 Å². The number of anilines is 1. The Labute approximate surface area is 111 Å². The quantitative estimate of drug-likeness (QED) is 0.897. The lowest BCUT2D eigenvalue weighted by molar-refractivity contribution is 0.0696. The van der Waals surface area contributed by atoms with Gasteiger partial charge in [-0.25, -0.2) is 4.79 Å². The fourth-order valence-corrected chi connectivity index (χ4v) is 2.58. The molecule has 2 aromatic rings. The smallest absolute Gasteiger partial charge is 0.337 e. The van der Waals surface area contributed by atoms with Gasteiger partial charge in [-0.3, -0.25) is 4.98 Å². The molecule has 0 unspecified atom stereocenters. The van der Waals surface area contributed by atoms with Gasteiger partial charge in [0.05, 0.1) is 11.1 Å². The van der Waals surface area contributed by atoms with Crippen LogP contribution in [0.5, 0.6) is 0 Å². The number of hydrogen-bond donors (Lipinski definition) is 1. The lowest BCUT2D eigenvalue weighted by Crippen LogP contribution is -2.29. The molecule has 1 fully saturated rings. The molecule has 98 valence electrons. The number of aromatic carboxylic acids is 1. The van der Waals surface area contributed by atoms with E-state index in [-0.39, 0.29) is 5.56 Å². The predicted molar refractivity (Wildman–Crippen MR) is 74.8 cm³/mol. The molecule has 4 nitrogen and oxygen atoms in total. The summed E-state index contributed by atoms with van der Waals surface area (Å²) in [5, 5.41) is 9.90. The Balaban J connectivity index is 2.00. The van der Waals surface area contributed by atoms with Gasteiger partial charge in [0.1, 0.15) is 0 Å². The summed E-state index contributed by atoms with van der Waals surface area (Å²) in [6.07, 6.45) is 5.16. The van der Waals surface area contributed by atoms with Crippen molar-refractivity contribution in [2.75, 3.05) is 18.0 Å². The molecule has 1 N–H and O–H groups in total. The summed E-state index contributed by atoms with van der Waals surface area (Å²) in [4.78, 5) is 17.5. The average Bonchev–Trinajstić information content (AvgIpc) is 2.47. The van der Waals surface area contributed by atoms with Crippen molar-refractivity contribution in [2.24, 2.45) is 0 Å². The van der Waals surface area contributed by atoms with Gasteiger partial charge in [0, 0.05) is 30.4 Å². The van der Waals surface area contributed by atoms with Crippen molar-refractivity contribution in [1.82, 2.24) is 4.98 Å². The van der Waals surface area contributed by atoms with Gasteiger partial charge < -0.3 is 10.0 Å². The summed E-state index contributed by atoms with van der Waals surface area (Å²) in [6.45, 7) is 2.16. The average molecular weight is 256 g/mol. The highest BCUT2D eigenvalue weighted by molar-refractivity contribution is 5.93. The molecule has 3 rings (SSSR count). The highest BCUT2D eigenvalue weighted by Gasteiger charge is 2.12. The molecular formula is C15H16N2O2. The van der Waals surface area contributed by atoms with Crippen LogP contribution in [0.1, 0.15) is 29.6 Å². The first-order valence-electron chi connectivity index (χ1n) is 6.62. The van der Waals surface area contributed by atoms with Crippen molar-refractivity contribution >= 4 is 22.6 Å². The standard InChI is InChI=1S/C15H16N2O2/c18-15(19)12-8-11-9-13(4-5-14(11)16-10-12)17-6-2-1-3-7-17/h4-5,8-10H,1-3,6-7H2,(H,18,19). The van der Waals surface area contributed by atoms with E-state index in [0.717, 1.165) is 29.7 Å². The van der Waals surface area contributed by atoms with Crippen LogP contribution in [-0.4, -0.2) is 29.1 Å². The minimum atomic E-state index is -0.933. The molecule has 0 aliphatic carbocycles. The maximum atomic E-state index is 11.0. The molecule has 19 heavy (non-hydrogen) atoms. The van der Waals surface area contributed by atoms with Gasteiger partial charge in [-0.1, -0.05) is 0 Å². The molecular weight excluding hydrogens is 240 g/mol. The van der Waals surface area contributed by atoms with E-state index < -0.39 is 5.97 Å². The van der Waals surface area contributed by atoms with E-state index in [1.54, 1.807) is 6.07 Å². The third-order valence-corrected chi connectivity index (χ3v) is 3.63. The van der Waals surface area contributed by atoms with Gasteiger partial charge in [0.25, 0.3) is 0 Å². The number of pyridine rings is 1. The number of rotatable bonds is 2. The molecule has 0 atom stereocenters. The van der Waals surface area contributed by atoms with E-state index in [0.29, 0.717) is 0 Å². The first kappa shape index (κ1) is 12.0. The maximum Gasteiger partial charge on any atom is 0.337 e. The van der Waals surface area contributed by atoms with Crippen LogP contribution in [0.25, 0.3) is 10.9 Å². The summed E-state index contributed by atoms with van der Waals surface area (Å²) < 4.78 is 0. The van der Waals surface area contributed by atoms with E-state index in [1.165, 1.54) is 25.5 Å². The second-order valence-corrected chi connectivity index (χ2v) is 4.95. The van der Waals surface area contributed by atoms with Gasteiger partial charge in [0.2, 0.25) is 0 Å². The topological polar surface area (TPSA) is 53.4 Å². The van der Waals surface area contributed by atoms with Crippen LogP contribution in [0.3, 0.4) is 0 Å². The number of fused-ring (bicyclic) bond motifs is 1. The zero-order valence-corrected chi connectivity index (χ0v) is 10.7. The number of aromatic nitrogens is 1. The molecule has 0 spiro atoms. The summed E-state index contributed by atoms with van der Waals surface area (Å²) in [6, 6.07) is 7.77. The lowest BCUT2D eigenvalue weighted by Gasteiger charge is -2.28. The summed E-state index contributed by atoms with van der Waals surface area (Å²) >= 11 is 0. The summed E-state index contributed by atoms with van der Waals surface area (Å²) in [7, 11) is 0. The molecule has 1 aromatic carbocycles. The number of carboxylic acids is 1. The highest BCUT2D eigenvalue weighted by Crippen LogP contribution is 2.24. The minimum Gasteiger partial charge on any atom is -0.478 e. The van der Waals surface area contributed by atoms with Crippen LogP contribution in [0.2, 0.25) is 0 Å². The SMILES string of the molecule is O=C(O)c1cnc2ccc(N3CCCCC3)cc2c1. The molecule has 1 aliphatic rings. The van der Waals surface area contributed by atoms with Crippen molar-refractivity contribution in [3.8, 4) is 0 Å². The van der Waals surface area contributed by atoms with Crippen molar-refractivity contribution in [3.05, 3.63) is 36.0 Å². The van der Waals surface area contributed by atoms with Crippen molar-refractivity contribution < 1.29 is 9.90 Å².